The van der Waals surface area contributed by atoms with Gasteiger partial charge in [0, 0.05) is 32.1 Å². The molecular formula is C26H26N2O5S. The van der Waals surface area contributed by atoms with Crippen LogP contribution in [0.15, 0.2) is 71.6 Å². The second-order valence-corrected chi connectivity index (χ2v) is 10.6. The molecule has 0 radical (unpaired) electrons. The molecule has 0 atom stereocenters. The summed E-state index contributed by atoms with van der Waals surface area (Å²) in [6, 6.07) is 20.8. The van der Waals surface area contributed by atoms with E-state index in [9.17, 15) is 18.3 Å². The first-order chi connectivity index (χ1) is 16.4. The van der Waals surface area contributed by atoms with Crippen LogP contribution < -0.4 is 0 Å². The number of benzene rings is 3. The summed E-state index contributed by atoms with van der Waals surface area (Å²) in [6.45, 7) is 2.72. The van der Waals surface area contributed by atoms with E-state index in [0.717, 1.165) is 27.8 Å². The van der Waals surface area contributed by atoms with Gasteiger partial charge < -0.3 is 14.7 Å². The maximum absolute atomic E-state index is 13.0. The van der Waals surface area contributed by atoms with Gasteiger partial charge in [-0.05, 0) is 46.9 Å². The fourth-order valence-corrected chi connectivity index (χ4v) is 6.35. The predicted molar refractivity (Wildman–Crippen MR) is 128 cm³/mol. The Hall–Kier alpha value is -3.36. The van der Waals surface area contributed by atoms with Crippen LogP contribution in [0, 0.1) is 6.92 Å². The van der Waals surface area contributed by atoms with Crippen molar-refractivity contribution in [3.63, 3.8) is 0 Å². The van der Waals surface area contributed by atoms with E-state index in [-0.39, 0.29) is 49.3 Å². The third kappa shape index (κ3) is 3.93. The number of hydrogen-bond donors (Lipinski definition) is 1. The van der Waals surface area contributed by atoms with E-state index >= 15 is 0 Å². The Morgan fingerprint density at radius 1 is 0.941 bits per heavy atom. The lowest BCUT2D eigenvalue weighted by Crippen LogP contribution is -2.50. The van der Waals surface area contributed by atoms with Crippen molar-refractivity contribution in [3.8, 4) is 16.9 Å². The van der Waals surface area contributed by atoms with Gasteiger partial charge in [-0.2, -0.15) is 4.31 Å². The van der Waals surface area contributed by atoms with Crippen molar-refractivity contribution in [1.29, 1.82) is 0 Å². The number of rotatable bonds is 4. The minimum atomic E-state index is -3.85. The van der Waals surface area contributed by atoms with Crippen molar-refractivity contribution in [3.05, 3.63) is 83.4 Å². The Labute approximate surface area is 199 Å². The number of phenols is 1. The van der Waals surface area contributed by atoms with Crippen LogP contribution in [-0.4, -0.2) is 61.6 Å². The van der Waals surface area contributed by atoms with Gasteiger partial charge in [-0.15, -0.1) is 0 Å². The van der Waals surface area contributed by atoms with Gasteiger partial charge in [0.05, 0.1) is 0 Å². The van der Waals surface area contributed by atoms with Crippen LogP contribution in [0.2, 0.25) is 0 Å². The first-order valence-electron chi connectivity index (χ1n) is 11.3. The van der Waals surface area contributed by atoms with E-state index < -0.39 is 16.1 Å². The van der Waals surface area contributed by atoms with E-state index in [1.807, 2.05) is 24.3 Å². The molecule has 1 N–H and O–H groups in total. The molecule has 0 aromatic heterocycles. The summed E-state index contributed by atoms with van der Waals surface area (Å²) in [6.07, 6.45) is -0.447. The average molecular weight is 479 g/mol. The van der Waals surface area contributed by atoms with Gasteiger partial charge in [0.15, 0.2) is 0 Å². The molecular weight excluding hydrogens is 452 g/mol. The molecule has 5 rings (SSSR count). The molecule has 1 fully saturated rings. The highest BCUT2D eigenvalue weighted by molar-refractivity contribution is 7.89. The molecule has 176 valence electrons. The summed E-state index contributed by atoms with van der Waals surface area (Å²) < 4.78 is 33.0. The number of carbonyl (C=O) groups excluding carboxylic acids is 1. The third-order valence-corrected chi connectivity index (χ3v) is 8.49. The van der Waals surface area contributed by atoms with E-state index in [1.165, 1.54) is 21.3 Å². The number of carbonyl (C=O) groups is 1. The van der Waals surface area contributed by atoms with Crippen molar-refractivity contribution in [2.45, 2.75) is 17.7 Å². The summed E-state index contributed by atoms with van der Waals surface area (Å²) in [5.41, 5.74) is 5.36. The summed E-state index contributed by atoms with van der Waals surface area (Å²) in [5.74, 6) is -0.299. The topological polar surface area (TPSA) is 87.2 Å². The standard InChI is InChI=1S/C26H26N2O5S/c1-18-10-11-24(29)25(16-18)34(31,32)28-14-12-27(13-15-28)26(30)33-17-23-21-8-4-2-6-19(21)20-7-3-5-9-22(20)23/h2-11,16,23,29H,12-15,17H2,1H3. The van der Waals surface area contributed by atoms with Gasteiger partial charge in [0.2, 0.25) is 10.0 Å². The molecule has 3 aromatic carbocycles. The first-order valence-corrected chi connectivity index (χ1v) is 12.7. The van der Waals surface area contributed by atoms with E-state index in [2.05, 4.69) is 24.3 Å². The van der Waals surface area contributed by atoms with Gasteiger partial charge in [-0.1, -0.05) is 54.6 Å². The molecule has 7 nitrogen and oxygen atoms in total. The Kier molecular flexibility index (Phi) is 5.79. The molecule has 1 heterocycles. The van der Waals surface area contributed by atoms with Crippen LogP contribution in [0.4, 0.5) is 4.79 Å². The molecule has 3 aromatic rings. The second-order valence-electron chi connectivity index (χ2n) is 8.67. The fraction of sp³-hybridized carbons (Fsp3) is 0.269. The highest BCUT2D eigenvalue weighted by Crippen LogP contribution is 2.44. The Morgan fingerprint density at radius 3 is 2.15 bits per heavy atom. The molecule has 0 unspecified atom stereocenters. The lowest BCUT2D eigenvalue weighted by molar-refractivity contribution is 0.0870. The molecule has 34 heavy (non-hydrogen) atoms. The van der Waals surface area contributed by atoms with Crippen LogP contribution in [0.1, 0.15) is 22.6 Å². The highest BCUT2D eigenvalue weighted by Gasteiger charge is 2.34. The third-order valence-electron chi connectivity index (χ3n) is 6.57. The quantitative estimate of drug-likeness (QED) is 0.614. The van der Waals surface area contributed by atoms with Gasteiger partial charge in [0.25, 0.3) is 0 Å². The van der Waals surface area contributed by atoms with E-state index in [1.54, 1.807) is 13.0 Å². The SMILES string of the molecule is Cc1ccc(O)c(S(=O)(=O)N2CCN(C(=O)OCC3c4ccccc4-c4ccccc43)CC2)c1. The summed E-state index contributed by atoms with van der Waals surface area (Å²) >= 11 is 0. The molecule has 1 saturated heterocycles. The number of phenolic OH excluding ortho intramolecular Hbond substituents is 1. The molecule has 1 amide bonds. The lowest BCUT2D eigenvalue weighted by atomic mass is 9.98. The molecule has 2 aliphatic rings. The first kappa shape index (κ1) is 22.4. The zero-order valence-electron chi connectivity index (χ0n) is 18.8. The van der Waals surface area contributed by atoms with Crippen molar-refractivity contribution in [1.82, 2.24) is 9.21 Å². The molecule has 0 bridgehead atoms. The van der Waals surface area contributed by atoms with Crippen molar-refractivity contribution < 1.29 is 23.1 Å². The molecule has 0 spiro atoms. The number of piperazine rings is 1. The van der Waals surface area contributed by atoms with Crippen molar-refractivity contribution >= 4 is 16.1 Å². The van der Waals surface area contributed by atoms with Crippen LogP contribution in [0.25, 0.3) is 11.1 Å². The Morgan fingerprint density at radius 2 is 1.53 bits per heavy atom. The van der Waals surface area contributed by atoms with Crippen molar-refractivity contribution in [2.24, 2.45) is 0 Å². The minimum Gasteiger partial charge on any atom is -0.507 e. The molecule has 8 heteroatoms. The fourth-order valence-electron chi connectivity index (χ4n) is 4.76. The highest BCUT2D eigenvalue weighted by atomic mass is 32.2. The number of ether oxygens (including phenoxy) is 1. The van der Waals surface area contributed by atoms with Gasteiger partial charge in [-0.25, -0.2) is 13.2 Å². The van der Waals surface area contributed by atoms with E-state index in [4.69, 9.17) is 4.74 Å². The maximum Gasteiger partial charge on any atom is 0.409 e. The van der Waals surface area contributed by atoms with Gasteiger partial charge in [0.1, 0.15) is 17.3 Å². The van der Waals surface area contributed by atoms with Gasteiger partial charge in [-0.3, -0.25) is 0 Å². The normalized spacial score (nSPS) is 16.2. The van der Waals surface area contributed by atoms with Crippen LogP contribution in [0.5, 0.6) is 5.75 Å². The number of aryl methyl sites for hydroxylation is 1. The second kappa shape index (κ2) is 8.77. The van der Waals surface area contributed by atoms with Crippen LogP contribution >= 0.6 is 0 Å². The Bertz CT molecular complexity index is 1300. The lowest BCUT2D eigenvalue weighted by Gasteiger charge is -2.33. The smallest absolute Gasteiger partial charge is 0.409 e. The number of sulfonamides is 1. The van der Waals surface area contributed by atoms with Crippen LogP contribution in [0.3, 0.4) is 0 Å². The average Bonchev–Trinajstić information content (AvgIpc) is 3.18. The monoisotopic (exact) mass is 478 g/mol. The zero-order valence-corrected chi connectivity index (χ0v) is 19.7. The number of nitrogens with zero attached hydrogens (tertiary/aromatic N) is 2. The number of aromatic hydroxyl groups is 1. The number of fused-ring (bicyclic) bond motifs is 3. The summed E-state index contributed by atoms with van der Waals surface area (Å²) in [4.78, 5) is 14.2. The number of hydrogen-bond acceptors (Lipinski definition) is 5. The maximum atomic E-state index is 13.0. The Balaban J connectivity index is 1.23. The largest absolute Gasteiger partial charge is 0.507 e. The molecule has 1 aliphatic carbocycles. The summed E-state index contributed by atoms with van der Waals surface area (Å²) in [5, 5.41) is 10.1. The van der Waals surface area contributed by atoms with Crippen LogP contribution in [-0.2, 0) is 14.8 Å². The molecule has 1 aliphatic heterocycles. The molecule has 0 saturated carbocycles. The zero-order chi connectivity index (χ0) is 23.9. The number of amides is 1. The summed E-state index contributed by atoms with van der Waals surface area (Å²) in [7, 11) is -3.85. The van der Waals surface area contributed by atoms with Gasteiger partial charge >= 0.3 is 6.09 Å². The minimum absolute atomic E-state index is 0.0256. The predicted octanol–water partition coefficient (Wildman–Crippen LogP) is 3.96. The van der Waals surface area contributed by atoms with Crippen molar-refractivity contribution in [2.75, 3.05) is 32.8 Å². The van der Waals surface area contributed by atoms with E-state index in [0.29, 0.717) is 0 Å².